The quantitative estimate of drug-likeness (QED) is 0.443. The van der Waals surface area contributed by atoms with Crippen LogP contribution in [0.4, 0.5) is 4.39 Å². The lowest BCUT2D eigenvalue weighted by molar-refractivity contribution is -0.118. The summed E-state index contributed by atoms with van der Waals surface area (Å²) in [6.07, 6.45) is 0.331. The van der Waals surface area contributed by atoms with Crippen molar-refractivity contribution >= 4 is 29.3 Å². The number of carbonyl (C=O) groups excluding carboxylic acids is 1. The predicted molar refractivity (Wildman–Crippen MR) is 120 cm³/mol. The van der Waals surface area contributed by atoms with Crippen LogP contribution in [0.1, 0.15) is 31.3 Å². The molecule has 0 fully saturated rings. The fourth-order valence-corrected chi connectivity index (χ4v) is 4.04. The van der Waals surface area contributed by atoms with Crippen LogP contribution in [0.2, 0.25) is 5.02 Å². The molecule has 9 heteroatoms. The Morgan fingerprint density at radius 2 is 2.03 bits per heavy atom. The summed E-state index contributed by atoms with van der Waals surface area (Å²) in [6.45, 7) is 4.98. The molecule has 0 spiro atoms. The summed E-state index contributed by atoms with van der Waals surface area (Å²) in [5, 5.41) is 12.2. The van der Waals surface area contributed by atoms with Crippen LogP contribution in [-0.2, 0) is 17.8 Å². The fraction of sp³-hybridized carbons (Fsp3) is 0.318. The summed E-state index contributed by atoms with van der Waals surface area (Å²) < 4.78 is 21.0. The van der Waals surface area contributed by atoms with Crippen molar-refractivity contribution in [2.24, 2.45) is 0 Å². The molecular formula is C22H24ClFN4O2S. The summed E-state index contributed by atoms with van der Waals surface area (Å²) >= 11 is 7.37. The van der Waals surface area contributed by atoms with Gasteiger partial charge in [0.25, 0.3) is 0 Å². The summed E-state index contributed by atoms with van der Waals surface area (Å²) in [7, 11) is 0. The van der Waals surface area contributed by atoms with Gasteiger partial charge >= 0.3 is 0 Å². The number of benzene rings is 2. The zero-order chi connectivity index (χ0) is 22.2. The Kier molecular flexibility index (Phi) is 8.31. The number of amides is 1. The Hall–Kier alpha value is -2.58. The van der Waals surface area contributed by atoms with E-state index in [4.69, 9.17) is 16.3 Å². The van der Waals surface area contributed by atoms with Gasteiger partial charge in [-0.15, -0.1) is 10.2 Å². The zero-order valence-electron chi connectivity index (χ0n) is 17.3. The minimum absolute atomic E-state index is 0.0597. The molecule has 0 radical (unpaired) electrons. The van der Waals surface area contributed by atoms with Crippen molar-refractivity contribution in [3.63, 3.8) is 0 Å². The van der Waals surface area contributed by atoms with Crippen LogP contribution in [0.5, 0.6) is 5.75 Å². The maximum atomic E-state index is 13.2. The first-order chi connectivity index (χ1) is 15.0. The number of nitrogens with zero attached hydrogens (tertiary/aromatic N) is 3. The van der Waals surface area contributed by atoms with Crippen molar-refractivity contribution in [2.75, 3.05) is 12.3 Å². The first-order valence-corrected chi connectivity index (χ1v) is 11.3. The number of thioether (sulfide) groups is 1. The van der Waals surface area contributed by atoms with Crippen molar-refractivity contribution in [1.82, 2.24) is 20.1 Å². The van der Waals surface area contributed by atoms with Crippen LogP contribution in [-0.4, -0.2) is 33.0 Å². The molecule has 31 heavy (non-hydrogen) atoms. The second-order valence-electron chi connectivity index (χ2n) is 6.79. The Balaban J connectivity index is 1.54. The Morgan fingerprint density at radius 1 is 1.26 bits per heavy atom. The largest absolute Gasteiger partial charge is 0.481 e. The standard InChI is InChI=1S/C22H24ClFN4O2S/c1-3-28-21(15(2)30-19-10-9-17(24)13-18(19)23)26-27-22(28)31-14-20(29)25-12-11-16-7-5-4-6-8-16/h4-10,13,15H,3,11-12,14H2,1-2H3,(H,25,29). The summed E-state index contributed by atoms with van der Waals surface area (Å²) in [5.74, 6) is 0.729. The molecule has 164 valence electrons. The summed E-state index contributed by atoms with van der Waals surface area (Å²) in [5.41, 5.74) is 1.18. The molecular weight excluding hydrogens is 439 g/mol. The maximum absolute atomic E-state index is 13.2. The predicted octanol–water partition coefficient (Wildman–Crippen LogP) is 4.68. The van der Waals surface area contributed by atoms with Crippen LogP contribution in [0.25, 0.3) is 0 Å². The number of nitrogens with one attached hydrogen (secondary N) is 1. The molecule has 1 unspecified atom stereocenters. The molecule has 3 aromatic rings. The van der Waals surface area contributed by atoms with E-state index in [-0.39, 0.29) is 16.7 Å². The molecule has 0 saturated heterocycles. The molecule has 0 aliphatic rings. The molecule has 1 aromatic heterocycles. The van der Waals surface area contributed by atoms with Gasteiger partial charge in [-0.1, -0.05) is 53.7 Å². The van der Waals surface area contributed by atoms with E-state index in [1.54, 1.807) is 0 Å². The van der Waals surface area contributed by atoms with Crippen molar-refractivity contribution in [3.05, 3.63) is 70.8 Å². The van der Waals surface area contributed by atoms with Crippen LogP contribution >= 0.6 is 23.4 Å². The smallest absolute Gasteiger partial charge is 0.230 e. The number of rotatable bonds is 10. The highest BCUT2D eigenvalue weighted by atomic mass is 35.5. The minimum atomic E-state index is -0.454. The van der Waals surface area contributed by atoms with Crippen molar-refractivity contribution in [2.45, 2.75) is 38.1 Å². The first-order valence-electron chi connectivity index (χ1n) is 9.96. The third kappa shape index (κ3) is 6.45. The van der Waals surface area contributed by atoms with E-state index in [1.165, 1.54) is 35.5 Å². The second-order valence-corrected chi connectivity index (χ2v) is 8.14. The second kappa shape index (κ2) is 11.2. The van der Waals surface area contributed by atoms with Crippen molar-refractivity contribution in [3.8, 4) is 5.75 Å². The van der Waals surface area contributed by atoms with Gasteiger partial charge in [-0.05, 0) is 44.0 Å². The number of hydrogen-bond donors (Lipinski definition) is 1. The van der Waals surface area contributed by atoms with Crippen LogP contribution in [0, 0.1) is 5.82 Å². The van der Waals surface area contributed by atoms with Crippen LogP contribution in [0.15, 0.2) is 53.7 Å². The number of ether oxygens (including phenoxy) is 1. The monoisotopic (exact) mass is 462 g/mol. The molecule has 6 nitrogen and oxygen atoms in total. The van der Waals surface area contributed by atoms with E-state index >= 15 is 0 Å². The Bertz CT molecular complexity index is 1020. The molecule has 1 N–H and O–H groups in total. The highest BCUT2D eigenvalue weighted by molar-refractivity contribution is 7.99. The van der Waals surface area contributed by atoms with E-state index in [1.807, 2.05) is 48.7 Å². The highest BCUT2D eigenvalue weighted by Crippen LogP contribution is 2.30. The van der Waals surface area contributed by atoms with Gasteiger partial charge in [0.05, 0.1) is 10.8 Å². The third-order valence-electron chi connectivity index (χ3n) is 4.53. The SMILES string of the molecule is CCn1c(SCC(=O)NCCc2ccccc2)nnc1C(C)Oc1ccc(F)cc1Cl. The molecule has 0 saturated carbocycles. The lowest BCUT2D eigenvalue weighted by atomic mass is 10.1. The average Bonchev–Trinajstić information content (AvgIpc) is 3.18. The van der Waals surface area contributed by atoms with Crippen molar-refractivity contribution < 1.29 is 13.9 Å². The summed E-state index contributed by atoms with van der Waals surface area (Å²) in [6, 6.07) is 14.0. The molecule has 3 rings (SSSR count). The molecule has 0 aliphatic heterocycles. The lowest BCUT2D eigenvalue weighted by Crippen LogP contribution is -2.27. The van der Waals surface area contributed by atoms with Gasteiger partial charge in [-0.25, -0.2) is 4.39 Å². The number of hydrogen-bond acceptors (Lipinski definition) is 5. The molecule has 2 aromatic carbocycles. The van der Waals surface area contributed by atoms with E-state index in [9.17, 15) is 9.18 Å². The molecule has 0 bridgehead atoms. The molecule has 1 heterocycles. The third-order valence-corrected chi connectivity index (χ3v) is 5.80. The van der Waals surface area contributed by atoms with Gasteiger partial charge in [0.15, 0.2) is 17.1 Å². The van der Waals surface area contributed by atoms with Crippen LogP contribution < -0.4 is 10.1 Å². The molecule has 0 aliphatic carbocycles. The fourth-order valence-electron chi connectivity index (χ4n) is 2.99. The number of halogens is 2. The molecule has 1 amide bonds. The van der Waals surface area contributed by atoms with E-state index in [0.717, 1.165) is 6.42 Å². The minimum Gasteiger partial charge on any atom is -0.481 e. The lowest BCUT2D eigenvalue weighted by Gasteiger charge is -2.16. The van der Waals surface area contributed by atoms with Gasteiger partial charge in [0.1, 0.15) is 11.6 Å². The van der Waals surface area contributed by atoms with E-state index in [2.05, 4.69) is 15.5 Å². The van der Waals surface area contributed by atoms with E-state index < -0.39 is 11.9 Å². The number of carbonyl (C=O) groups is 1. The van der Waals surface area contributed by atoms with Gasteiger partial charge < -0.3 is 14.6 Å². The Labute approximate surface area is 190 Å². The first kappa shape index (κ1) is 23.1. The number of aromatic nitrogens is 3. The van der Waals surface area contributed by atoms with Crippen molar-refractivity contribution in [1.29, 1.82) is 0 Å². The maximum Gasteiger partial charge on any atom is 0.230 e. The molecule has 1 atom stereocenters. The highest BCUT2D eigenvalue weighted by Gasteiger charge is 2.20. The van der Waals surface area contributed by atoms with Gasteiger partial charge in [-0.2, -0.15) is 0 Å². The van der Waals surface area contributed by atoms with Gasteiger partial charge in [0, 0.05) is 13.1 Å². The van der Waals surface area contributed by atoms with Gasteiger partial charge in [0.2, 0.25) is 5.91 Å². The van der Waals surface area contributed by atoms with Crippen LogP contribution in [0.3, 0.4) is 0 Å². The van der Waals surface area contributed by atoms with E-state index in [0.29, 0.717) is 29.8 Å². The topological polar surface area (TPSA) is 69.0 Å². The Morgan fingerprint density at radius 3 is 2.74 bits per heavy atom. The normalized spacial score (nSPS) is 11.9. The van der Waals surface area contributed by atoms with Gasteiger partial charge in [-0.3, -0.25) is 4.79 Å². The summed E-state index contributed by atoms with van der Waals surface area (Å²) in [4.78, 5) is 12.2. The zero-order valence-corrected chi connectivity index (χ0v) is 18.9. The average molecular weight is 463 g/mol.